The maximum absolute atomic E-state index is 10.4. The first kappa shape index (κ1) is 9.84. The van der Waals surface area contributed by atoms with Crippen LogP contribution in [-0.4, -0.2) is 14.4 Å². The third-order valence-electron chi connectivity index (χ3n) is 1.61. The van der Waals surface area contributed by atoms with Crippen molar-refractivity contribution in [3.63, 3.8) is 0 Å². The predicted octanol–water partition coefficient (Wildman–Crippen LogP) is 0.321. The summed E-state index contributed by atoms with van der Waals surface area (Å²) in [7, 11) is 1.34. The number of rotatable bonds is 2. The second-order valence-electron chi connectivity index (χ2n) is 2.56. The Bertz CT molecular complexity index is 463. The van der Waals surface area contributed by atoms with Gasteiger partial charge in [-0.15, -0.1) is 0 Å². The minimum atomic E-state index is -0.824. The minimum absolute atomic E-state index is 0.374. The second kappa shape index (κ2) is 3.24. The van der Waals surface area contributed by atoms with E-state index in [9.17, 15) is 20.2 Å². The number of hydrogen-bond acceptors (Lipinski definition) is 5. The van der Waals surface area contributed by atoms with Gasteiger partial charge in [-0.05, 0) is 0 Å². The van der Waals surface area contributed by atoms with Gasteiger partial charge in [-0.3, -0.25) is 25.6 Å². The first-order valence-electron chi connectivity index (χ1n) is 3.47. The molecule has 14 heavy (non-hydrogen) atoms. The molecule has 0 aliphatic carbocycles. The largest absolute Gasteiger partial charge is 0.324 e. The lowest BCUT2D eigenvalue weighted by Crippen LogP contribution is -2.19. The van der Waals surface area contributed by atoms with E-state index in [-0.39, 0.29) is 5.49 Å². The zero-order valence-corrected chi connectivity index (χ0v) is 7.13. The highest BCUT2D eigenvalue weighted by Gasteiger charge is 2.17. The molecule has 0 fully saturated rings. The van der Waals surface area contributed by atoms with Gasteiger partial charge < -0.3 is 4.57 Å². The van der Waals surface area contributed by atoms with E-state index in [1.807, 2.05) is 0 Å². The molecule has 0 unspecified atom stereocenters. The van der Waals surface area contributed by atoms with Crippen LogP contribution < -0.4 is 5.49 Å². The van der Waals surface area contributed by atoms with Crippen LogP contribution >= 0.6 is 0 Å². The van der Waals surface area contributed by atoms with E-state index in [2.05, 4.69) is 0 Å². The van der Waals surface area contributed by atoms with Gasteiger partial charge in [0, 0.05) is 7.05 Å². The summed E-state index contributed by atoms with van der Waals surface area (Å²) < 4.78 is 1.02. The monoisotopic (exact) mass is 198 g/mol. The molecule has 74 valence electrons. The summed E-state index contributed by atoms with van der Waals surface area (Å²) in [4.78, 5) is 19.2. The molecule has 0 aliphatic heterocycles. The quantitative estimate of drug-likeness (QED) is 0.544. The molecule has 0 amide bonds. The first-order chi connectivity index (χ1) is 6.43. The fraction of sp³-hybridized carbons (Fsp3) is 0.167. The van der Waals surface area contributed by atoms with Crippen LogP contribution in [0.5, 0.6) is 0 Å². The van der Waals surface area contributed by atoms with Crippen molar-refractivity contribution in [3.05, 3.63) is 38.0 Å². The number of hydrogen-bond donors (Lipinski definition) is 1. The molecule has 0 saturated heterocycles. The summed E-state index contributed by atoms with van der Waals surface area (Å²) in [5.41, 5.74) is -1.36. The van der Waals surface area contributed by atoms with Gasteiger partial charge in [-0.25, -0.2) is 0 Å². The molecule has 0 aliphatic rings. The maximum atomic E-state index is 10.4. The van der Waals surface area contributed by atoms with Gasteiger partial charge in [-0.1, -0.05) is 0 Å². The number of nitrogens with zero attached hydrogens (tertiary/aromatic N) is 3. The molecule has 0 bridgehead atoms. The molecule has 1 heterocycles. The Morgan fingerprint density at radius 2 is 1.93 bits per heavy atom. The highest BCUT2D eigenvalue weighted by molar-refractivity contribution is 5.38. The lowest BCUT2D eigenvalue weighted by molar-refractivity contribution is -0.396. The number of aryl methyl sites for hydroxylation is 1. The van der Waals surface area contributed by atoms with Crippen LogP contribution in [0.15, 0.2) is 12.3 Å². The summed E-state index contributed by atoms with van der Waals surface area (Å²) >= 11 is 0. The molecule has 0 saturated carbocycles. The highest BCUT2D eigenvalue weighted by Crippen LogP contribution is 2.13. The topological polar surface area (TPSA) is 115 Å². The summed E-state index contributed by atoms with van der Waals surface area (Å²) in [6, 6.07) is 0.766. The van der Waals surface area contributed by atoms with Crippen LogP contribution in [0.1, 0.15) is 0 Å². The molecule has 1 aromatic rings. The van der Waals surface area contributed by atoms with Crippen molar-refractivity contribution < 1.29 is 9.85 Å². The fourth-order valence-electron chi connectivity index (χ4n) is 0.928. The van der Waals surface area contributed by atoms with Crippen molar-refractivity contribution >= 4 is 11.4 Å². The van der Waals surface area contributed by atoms with E-state index in [1.54, 1.807) is 0 Å². The Kier molecular flexibility index (Phi) is 2.28. The van der Waals surface area contributed by atoms with Gasteiger partial charge in [0.2, 0.25) is 5.49 Å². The van der Waals surface area contributed by atoms with Crippen LogP contribution in [0.3, 0.4) is 0 Å². The molecule has 1 rings (SSSR count). The molecular weight excluding hydrogens is 192 g/mol. The standard InChI is InChI=1S/C6H6N4O4/c1-8-3-4(9(11)12)2-5(6(8)7)10(13)14/h2-3,7H,1H3. The van der Waals surface area contributed by atoms with Crippen LogP contribution in [0.25, 0.3) is 0 Å². The van der Waals surface area contributed by atoms with Crippen molar-refractivity contribution in [2.24, 2.45) is 7.05 Å². The molecule has 1 aromatic heterocycles. The normalized spacial score (nSPS) is 9.79. The first-order valence-corrected chi connectivity index (χ1v) is 3.47. The van der Waals surface area contributed by atoms with E-state index in [4.69, 9.17) is 5.41 Å². The Labute approximate surface area is 77.2 Å². The fourth-order valence-corrected chi connectivity index (χ4v) is 0.928. The van der Waals surface area contributed by atoms with Gasteiger partial charge in [0.05, 0.1) is 22.1 Å². The van der Waals surface area contributed by atoms with E-state index in [1.165, 1.54) is 7.05 Å². The minimum Gasteiger partial charge on any atom is -0.324 e. The Morgan fingerprint density at radius 1 is 1.36 bits per heavy atom. The van der Waals surface area contributed by atoms with Crippen molar-refractivity contribution in [3.8, 4) is 0 Å². The molecule has 8 nitrogen and oxygen atoms in total. The zero-order valence-electron chi connectivity index (χ0n) is 7.13. The molecule has 0 aromatic carbocycles. The number of nitro groups is 2. The second-order valence-corrected chi connectivity index (χ2v) is 2.56. The SMILES string of the molecule is Cn1cc([N+](=O)[O-])cc([N+](=O)[O-])c1=N. The summed E-state index contributed by atoms with van der Waals surface area (Å²) in [5.74, 6) is 0. The molecule has 0 atom stereocenters. The average molecular weight is 198 g/mol. The van der Waals surface area contributed by atoms with Crippen molar-refractivity contribution in [2.75, 3.05) is 0 Å². The van der Waals surface area contributed by atoms with Gasteiger partial charge in [0.1, 0.15) is 0 Å². The smallest absolute Gasteiger partial charge is 0.318 e. The van der Waals surface area contributed by atoms with Crippen molar-refractivity contribution in [1.29, 1.82) is 5.41 Å². The van der Waals surface area contributed by atoms with Crippen LogP contribution in [0.4, 0.5) is 11.4 Å². The van der Waals surface area contributed by atoms with Crippen molar-refractivity contribution in [2.45, 2.75) is 0 Å². The summed E-state index contributed by atoms with van der Waals surface area (Å²) in [6.07, 6.45) is 1.05. The Hall–Kier alpha value is -2.25. The lowest BCUT2D eigenvalue weighted by Gasteiger charge is -1.98. The molecule has 1 N–H and O–H groups in total. The lowest BCUT2D eigenvalue weighted by atomic mass is 10.3. The third kappa shape index (κ3) is 1.58. The van der Waals surface area contributed by atoms with Gasteiger partial charge in [-0.2, -0.15) is 0 Å². The van der Waals surface area contributed by atoms with Gasteiger partial charge in [0.15, 0.2) is 0 Å². The molecule has 8 heteroatoms. The highest BCUT2D eigenvalue weighted by atomic mass is 16.6. The summed E-state index contributed by atoms with van der Waals surface area (Å²) in [5, 5.41) is 28.0. The Morgan fingerprint density at radius 3 is 2.36 bits per heavy atom. The molecule has 0 spiro atoms. The molecule has 0 radical (unpaired) electrons. The average Bonchev–Trinajstić information content (AvgIpc) is 2.08. The Balaban J connectivity index is 3.51. The number of aromatic nitrogens is 1. The zero-order chi connectivity index (χ0) is 10.9. The van der Waals surface area contributed by atoms with Crippen LogP contribution in [0, 0.1) is 25.6 Å². The van der Waals surface area contributed by atoms with Gasteiger partial charge >= 0.3 is 5.69 Å². The van der Waals surface area contributed by atoms with E-state index >= 15 is 0 Å². The number of pyridine rings is 1. The predicted molar refractivity (Wildman–Crippen MR) is 44.6 cm³/mol. The molecular formula is C6H6N4O4. The van der Waals surface area contributed by atoms with Crippen molar-refractivity contribution in [1.82, 2.24) is 4.57 Å². The van der Waals surface area contributed by atoms with E-state index in [0.717, 1.165) is 16.8 Å². The third-order valence-corrected chi connectivity index (χ3v) is 1.61. The van der Waals surface area contributed by atoms with Gasteiger partial charge in [0.25, 0.3) is 5.69 Å². The maximum Gasteiger partial charge on any atom is 0.318 e. The van der Waals surface area contributed by atoms with E-state index < -0.39 is 21.2 Å². The van der Waals surface area contributed by atoms with Crippen LogP contribution in [0.2, 0.25) is 0 Å². The summed E-state index contributed by atoms with van der Waals surface area (Å²) in [6.45, 7) is 0. The van der Waals surface area contributed by atoms with Crippen LogP contribution in [-0.2, 0) is 7.05 Å². The number of nitrogens with one attached hydrogen (secondary N) is 1. The van der Waals surface area contributed by atoms with E-state index in [0.29, 0.717) is 0 Å².